The number of nitrogens with two attached hydrogens (primary N) is 1. The minimum absolute atomic E-state index is 0.0350. The quantitative estimate of drug-likeness (QED) is 0.0383. The third-order valence-corrected chi connectivity index (χ3v) is 20.2. The molecule has 4 aliphatic heterocycles. The average Bonchev–Trinajstić information content (AvgIpc) is 1.70. The molecule has 95 heavy (non-hydrogen) atoms. The molecule has 10 rings (SSSR count). The number of benzene rings is 3. The number of aliphatic hydroxyl groups is 1. The van der Waals surface area contributed by atoms with Crippen LogP contribution in [0.25, 0.3) is 21.3 Å². The van der Waals surface area contributed by atoms with Crippen molar-refractivity contribution in [1.29, 1.82) is 0 Å². The molecule has 3 aromatic heterocycles. The molecule has 4 fully saturated rings. The van der Waals surface area contributed by atoms with E-state index in [0.717, 1.165) is 27.3 Å². The lowest BCUT2D eigenvalue weighted by molar-refractivity contribution is -0.145. The number of carbonyl (C=O) groups excluding carboxylic acids is 8. The van der Waals surface area contributed by atoms with Crippen LogP contribution in [0.5, 0.6) is 5.75 Å². The summed E-state index contributed by atoms with van der Waals surface area (Å²) < 4.78 is 25.1. The number of hydrogen-bond donors (Lipinski definition) is 8. The van der Waals surface area contributed by atoms with E-state index in [1.54, 1.807) is 29.7 Å². The Hall–Kier alpha value is -7.95. The van der Waals surface area contributed by atoms with Gasteiger partial charge in [-0.1, -0.05) is 74.0 Å². The van der Waals surface area contributed by atoms with E-state index in [9.17, 15) is 57.8 Å². The predicted molar refractivity (Wildman–Crippen MR) is 351 cm³/mol. The van der Waals surface area contributed by atoms with Gasteiger partial charge in [0.05, 0.1) is 58.2 Å². The summed E-state index contributed by atoms with van der Waals surface area (Å²) in [6.07, 6.45) is 3.32. The molecule has 508 valence electrons. The Morgan fingerprint density at radius 3 is 2.38 bits per heavy atom. The van der Waals surface area contributed by atoms with Crippen molar-refractivity contribution in [3.63, 3.8) is 0 Å². The third-order valence-electron chi connectivity index (χ3n) is 18.0. The highest BCUT2D eigenvalue weighted by atomic mass is 35.5. The van der Waals surface area contributed by atoms with E-state index < -0.39 is 90.6 Å². The van der Waals surface area contributed by atoms with Gasteiger partial charge >= 0.3 is 7.60 Å². The molecule has 0 aliphatic carbocycles. The van der Waals surface area contributed by atoms with Crippen molar-refractivity contribution in [3.8, 4) is 16.2 Å². The van der Waals surface area contributed by atoms with Gasteiger partial charge in [-0.05, 0) is 104 Å². The fourth-order valence-electron chi connectivity index (χ4n) is 13.0. The summed E-state index contributed by atoms with van der Waals surface area (Å²) in [6, 6.07) is 12.7. The van der Waals surface area contributed by atoms with Crippen LogP contribution in [-0.4, -0.2) is 202 Å². The van der Waals surface area contributed by atoms with Gasteiger partial charge in [-0.3, -0.25) is 47.8 Å². The SMILES string of the molecule is CC(=O)N1CC[C@H]2CC[C@@H](C(=O)N[C@@H](CCC(N)=O)COc3cccc(CCCc4cn([C@H](C(=O)N5C[C@H](O)C[C@H]5C(=O)N[C@@H](CN5CCOCC5)c5ccc(-c6scnc6C)cc5)C(C)(C)C)nn4)c3Cl)N2C(=O)[C@@H](NC(=O)c2cc3cc(C(=O)P(=O)(O)O)ccc3[nH]2)C1. The average molecular weight is 1370 g/mol. The van der Waals surface area contributed by atoms with E-state index >= 15 is 0 Å². The monoisotopic (exact) mass is 1370 g/mol. The molecule has 0 bridgehead atoms. The number of nitrogens with zero attached hydrogens (tertiary/aromatic N) is 8. The second-order valence-electron chi connectivity index (χ2n) is 25.9. The molecule has 0 spiro atoms. The molecule has 4 saturated heterocycles. The molecule has 7 heterocycles. The van der Waals surface area contributed by atoms with Gasteiger partial charge in [-0.25, -0.2) is 9.67 Å². The van der Waals surface area contributed by atoms with Gasteiger partial charge < -0.3 is 65.7 Å². The molecular weight excluding hydrogens is 1290 g/mol. The highest BCUT2D eigenvalue weighted by molar-refractivity contribution is 7.70. The van der Waals surface area contributed by atoms with E-state index in [1.165, 1.54) is 50.6 Å². The second-order valence-corrected chi connectivity index (χ2v) is 28.7. The van der Waals surface area contributed by atoms with Crippen LogP contribution in [0.2, 0.25) is 5.02 Å². The summed E-state index contributed by atoms with van der Waals surface area (Å²) in [4.78, 5) is 144. The van der Waals surface area contributed by atoms with Crippen LogP contribution in [0.3, 0.4) is 0 Å². The molecule has 3 aromatic carbocycles. The van der Waals surface area contributed by atoms with Crippen molar-refractivity contribution in [1.82, 2.24) is 60.5 Å². The first-order valence-corrected chi connectivity index (χ1v) is 34.7. The summed E-state index contributed by atoms with van der Waals surface area (Å²) in [5.41, 5.74) is 9.58. The number of carbonyl (C=O) groups is 8. The minimum Gasteiger partial charge on any atom is -0.490 e. The summed E-state index contributed by atoms with van der Waals surface area (Å²) in [5, 5.41) is 29.6. The van der Waals surface area contributed by atoms with Crippen molar-refractivity contribution >= 4 is 88.3 Å². The zero-order valence-corrected chi connectivity index (χ0v) is 56.0. The lowest BCUT2D eigenvalue weighted by Crippen LogP contribution is -2.61. The Balaban J connectivity index is 0.765. The van der Waals surface area contributed by atoms with Crippen LogP contribution in [0.4, 0.5) is 0 Å². The van der Waals surface area contributed by atoms with Gasteiger partial charge in [0.15, 0.2) is 0 Å². The Morgan fingerprint density at radius 1 is 0.937 bits per heavy atom. The van der Waals surface area contributed by atoms with Crippen LogP contribution < -0.4 is 26.4 Å². The standard InChI is InChI=1S/C65H81ClN13O14PS/c1-37-57(95-36-68-37)41-14-12-39(13-15-41)50(33-75-24-26-92-27-25-75)71-61(85)53-30-47(81)32-77(53)63(87)58(65(3,4)5)78-31-44(73-74-78)10-6-8-40-9-7-11-54(56(40)66)93-35-45(17-21-55(67)82)69-60(84)52-20-18-46-22-23-76(38(2)80)34-51(62(86)79(46)52)72-59(83)49-29-43-28-42(16-19-48(43)70-49)64(88)94(89,90)91/h7,9,11-16,19,28-29,31,36,45-47,50-53,58,70,81H,6,8,10,17-18,20-27,30,32-35H2,1-5H3,(H2,67,82)(H,69,84)(H,71,85)(H,72,83)(H2,89,90,91)/t45-,46+,47+,50-,51-,52-,53-,58+/m0/s1. The lowest BCUT2D eigenvalue weighted by Gasteiger charge is -2.38. The molecule has 27 nitrogen and oxygen atoms in total. The molecule has 6 aromatic rings. The Morgan fingerprint density at radius 2 is 1.68 bits per heavy atom. The van der Waals surface area contributed by atoms with Gasteiger partial charge in [0, 0.05) is 87.7 Å². The smallest absolute Gasteiger partial charge is 0.396 e. The van der Waals surface area contributed by atoms with Gasteiger partial charge in [0.2, 0.25) is 35.4 Å². The van der Waals surface area contributed by atoms with Crippen molar-refractivity contribution in [3.05, 3.63) is 117 Å². The second kappa shape index (κ2) is 30.0. The maximum Gasteiger partial charge on any atom is 0.396 e. The number of H-pyrrole nitrogens is 1. The number of fused-ring (bicyclic) bond motifs is 2. The van der Waals surface area contributed by atoms with Crippen LogP contribution in [0, 0.1) is 12.3 Å². The van der Waals surface area contributed by atoms with Crippen LogP contribution in [-0.2, 0) is 50.9 Å². The molecule has 4 aliphatic rings. The fourth-order valence-corrected chi connectivity index (χ4v) is 14.6. The molecule has 8 atom stereocenters. The van der Waals surface area contributed by atoms with Crippen LogP contribution >= 0.6 is 30.5 Å². The number of aliphatic hydroxyl groups excluding tert-OH is 1. The number of ether oxygens (including phenoxy) is 2. The number of amides is 7. The van der Waals surface area contributed by atoms with Gasteiger partial charge in [-0.15, -0.1) is 16.4 Å². The highest BCUT2D eigenvalue weighted by Gasteiger charge is 2.48. The van der Waals surface area contributed by atoms with E-state index in [1.807, 2.05) is 63.5 Å². The van der Waals surface area contributed by atoms with Crippen molar-refractivity contribution in [2.24, 2.45) is 11.1 Å². The topological polar surface area (TPSA) is 367 Å². The molecule has 30 heteroatoms. The molecule has 9 N–H and O–H groups in total. The zero-order valence-electron chi connectivity index (χ0n) is 53.6. The minimum atomic E-state index is -5.10. The maximum absolute atomic E-state index is 14.9. The third kappa shape index (κ3) is 16.8. The number of morpholine rings is 1. The van der Waals surface area contributed by atoms with Crippen molar-refractivity contribution < 1.29 is 67.3 Å². The number of hydrogen-bond acceptors (Lipinski definition) is 17. The number of aryl methyl sites for hydroxylation is 3. The summed E-state index contributed by atoms with van der Waals surface area (Å²) in [5.74, 6) is -3.28. The number of nitrogens with one attached hydrogen (secondary N) is 4. The number of aromatic amines is 1. The lowest BCUT2D eigenvalue weighted by atomic mass is 9.85. The van der Waals surface area contributed by atoms with E-state index in [4.69, 9.17) is 26.8 Å². The summed E-state index contributed by atoms with van der Waals surface area (Å²) >= 11 is 8.58. The first-order valence-electron chi connectivity index (χ1n) is 31.8. The summed E-state index contributed by atoms with van der Waals surface area (Å²) in [7, 11) is -5.10. The van der Waals surface area contributed by atoms with E-state index in [-0.39, 0.29) is 86.3 Å². The number of likely N-dealkylation sites (tertiary alicyclic amines) is 1. The number of β-amino-alcohol motifs (C(OH)–C–C–N with tert-alkyl or cyclic N) is 1. The van der Waals surface area contributed by atoms with Crippen molar-refractivity contribution in [2.45, 2.75) is 141 Å². The first-order chi connectivity index (χ1) is 45.2. The molecule has 0 saturated carbocycles. The molecule has 0 radical (unpaired) electrons. The number of thiazole rings is 1. The predicted octanol–water partition coefficient (Wildman–Crippen LogP) is 4.62. The Labute approximate surface area is 557 Å². The van der Waals surface area contributed by atoms with Gasteiger partial charge in [-0.2, -0.15) is 0 Å². The first kappa shape index (κ1) is 69.9. The summed E-state index contributed by atoms with van der Waals surface area (Å²) in [6.45, 7) is 12.0. The Bertz CT molecular complexity index is 3880. The highest BCUT2D eigenvalue weighted by Crippen LogP contribution is 2.40. The zero-order chi connectivity index (χ0) is 68.0. The molecule has 7 amide bonds. The van der Waals surface area contributed by atoms with E-state index in [0.29, 0.717) is 86.9 Å². The van der Waals surface area contributed by atoms with Crippen LogP contribution in [0.1, 0.15) is 128 Å². The number of primary amides is 1. The Kier molecular flexibility index (Phi) is 22.1. The van der Waals surface area contributed by atoms with Gasteiger partial charge in [0.25, 0.3) is 11.4 Å². The maximum atomic E-state index is 14.9. The number of rotatable bonds is 24. The fraction of sp³-hybridized carbons (Fsp3) is 0.492. The van der Waals surface area contributed by atoms with Gasteiger partial charge in [0.1, 0.15) is 42.2 Å². The molecular formula is C65H81ClN13O14PS. The number of halogens is 1. The van der Waals surface area contributed by atoms with Crippen LogP contribution in [0.15, 0.2) is 78.4 Å². The normalized spacial score (nSPS) is 20.5. The van der Waals surface area contributed by atoms with Crippen molar-refractivity contribution in [2.75, 3.05) is 59.1 Å². The van der Waals surface area contributed by atoms with E-state index in [2.05, 4.69) is 41.1 Å². The largest absolute Gasteiger partial charge is 0.490 e. The number of aromatic nitrogens is 5. The molecule has 0 unspecified atom stereocenters.